The average Bonchev–Trinajstić information content (AvgIpc) is 2.71. The number of nitrogens with zero attached hydrogens (tertiary/aromatic N) is 4. The number of amides is 2. The van der Waals surface area contributed by atoms with Crippen molar-refractivity contribution in [3.63, 3.8) is 0 Å². The summed E-state index contributed by atoms with van der Waals surface area (Å²) in [6.45, 7) is 2.66. The summed E-state index contributed by atoms with van der Waals surface area (Å²) in [5.74, 6) is 0.521. The van der Waals surface area contributed by atoms with E-state index in [1.807, 2.05) is 21.9 Å². The Morgan fingerprint density at radius 1 is 1.21 bits per heavy atom. The molecule has 2 aromatic heterocycles. The Balaban J connectivity index is 1.49. The molecule has 2 amide bonds. The maximum absolute atomic E-state index is 13.0. The summed E-state index contributed by atoms with van der Waals surface area (Å²) in [4.78, 5) is 37.4. The molecule has 2 N–H and O–H groups in total. The number of hydrogen-bond donors (Lipinski definition) is 1. The largest absolute Gasteiger partial charge is 0.384 e. The van der Waals surface area contributed by atoms with Crippen molar-refractivity contribution in [1.29, 1.82) is 0 Å². The highest BCUT2D eigenvalue weighted by Crippen LogP contribution is 2.39. The number of nitrogen functional groups attached to an aromatic ring is 1. The first-order valence-corrected chi connectivity index (χ1v) is 9.72. The minimum Gasteiger partial charge on any atom is -0.384 e. The number of anilines is 1. The molecular formula is C21H25N5O2. The van der Waals surface area contributed by atoms with Crippen molar-refractivity contribution >= 4 is 17.6 Å². The number of nitrogens with two attached hydrogens (primary N) is 1. The normalized spacial score (nSPS) is 22.5. The minimum absolute atomic E-state index is 0.0103. The van der Waals surface area contributed by atoms with Crippen LogP contribution in [-0.4, -0.2) is 51.2 Å². The molecule has 1 spiro atoms. The predicted octanol–water partition coefficient (Wildman–Crippen LogP) is 2.10. The lowest BCUT2D eigenvalue weighted by atomic mass is 9.73. The van der Waals surface area contributed by atoms with Crippen LogP contribution >= 0.6 is 0 Å². The molecule has 146 valence electrons. The van der Waals surface area contributed by atoms with Crippen LogP contribution in [0, 0.1) is 5.41 Å². The van der Waals surface area contributed by atoms with Crippen LogP contribution in [-0.2, 0) is 11.3 Å². The number of hydrogen-bond acceptors (Lipinski definition) is 5. The Morgan fingerprint density at radius 3 is 2.89 bits per heavy atom. The fourth-order valence-corrected chi connectivity index (χ4v) is 4.44. The topological polar surface area (TPSA) is 92.4 Å². The fraction of sp³-hybridized carbons (Fsp3) is 0.429. The van der Waals surface area contributed by atoms with Crippen LogP contribution in [0.1, 0.15) is 41.6 Å². The van der Waals surface area contributed by atoms with E-state index < -0.39 is 0 Å². The number of carbonyl (C=O) groups is 2. The van der Waals surface area contributed by atoms with Crippen molar-refractivity contribution in [3.05, 3.63) is 54.0 Å². The Labute approximate surface area is 164 Å². The lowest BCUT2D eigenvalue weighted by Crippen LogP contribution is -2.54. The number of carbonyl (C=O) groups excluding carboxylic acids is 2. The van der Waals surface area contributed by atoms with Crippen LogP contribution < -0.4 is 5.73 Å². The van der Waals surface area contributed by atoms with Gasteiger partial charge in [0.1, 0.15) is 5.82 Å². The molecule has 2 aliphatic heterocycles. The minimum atomic E-state index is -0.0391. The molecule has 28 heavy (non-hydrogen) atoms. The van der Waals surface area contributed by atoms with E-state index in [1.165, 1.54) is 0 Å². The summed E-state index contributed by atoms with van der Waals surface area (Å²) in [6, 6.07) is 7.22. The zero-order valence-electron chi connectivity index (χ0n) is 15.9. The maximum atomic E-state index is 13.0. The molecule has 0 radical (unpaired) electrons. The van der Waals surface area contributed by atoms with Gasteiger partial charge in [-0.15, -0.1) is 0 Å². The van der Waals surface area contributed by atoms with Crippen molar-refractivity contribution in [2.45, 2.75) is 32.2 Å². The zero-order chi connectivity index (χ0) is 19.6. The van der Waals surface area contributed by atoms with E-state index in [0.29, 0.717) is 37.4 Å². The van der Waals surface area contributed by atoms with E-state index in [9.17, 15) is 9.59 Å². The molecule has 7 heteroatoms. The second kappa shape index (κ2) is 7.58. The summed E-state index contributed by atoms with van der Waals surface area (Å²) in [6.07, 6.45) is 8.45. The monoisotopic (exact) mass is 379 g/mol. The third-order valence-electron chi connectivity index (χ3n) is 5.82. The van der Waals surface area contributed by atoms with Gasteiger partial charge in [-0.3, -0.25) is 14.6 Å². The average molecular weight is 379 g/mol. The highest BCUT2D eigenvalue weighted by atomic mass is 16.2. The van der Waals surface area contributed by atoms with Crippen molar-refractivity contribution in [1.82, 2.24) is 19.8 Å². The molecule has 4 heterocycles. The fourth-order valence-electron chi connectivity index (χ4n) is 4.44. The van der Waals surface area contributed by atoms with Gasteiger partial charge in [0.15, 0.2) is 0 Å². The molecule has 0 bridgehead atoms. The van der Waals surface area contributed by atoms with Crippen molar-refractivity contribution in [2.75, 3.05) is 25.4 Å². The Kier molecular flexibility index (Phi) is 4.98. The second-order valence-corrected chi connectivity index (χ2v) is 7.91. The highest BCUT2D eigenvalue weighted by Gasteiger charge is 2.42. The van der Waals surface area contributed by atoms with Gasteiger partial charge in [-0.25, -0.2) is 4.98 Å². The molecular weight excluding hydrogens is 354 g/mol. The maximum Gasteiger partial charge on any atom is 0.254 e. The smallest absolute Gasteiger partial charge is 0.254 e. The van der Waals surface area contributed by atoms with Crippen LogP contribution in [0.5, 0.6) is 0 Å². The van der Waals surface area contributed by atoms with Gasteiger partial charge in [-0.2, -0.15) is 0 Å². The van der Waals surface area contributed by atoms with Crippen molar-refractivity contribution in [3.8, 4) is 0 Å². The van der Waals surface area contributed by atoms with E-state index in [0.717, 1.165) is 31.4 Å². The molecule has 7 nitrogen and oxygen atoms in total. The van der Waals surface area contributed by atoms with Crippen LogP contribution in [0.4, 0.5) is 5.82 Å². The highest BCUT2D eigenvalue weighted by molar-refractivity contribution is 5.94. The number of rotatable bonds is 3. The van der Waals surface area contributed by atoms with Gasteiger partial charge in [0.2, 0.25) is 5.91 Å². The van der Waals surface area contributed by atoms with E-state index in [-0.39, 0.29) is 17.2 Å². The first kappa shape index (κ1) is 18.4. The van der Waals surface area contributed by atoms with Gasteiger partial charge in [0.25, 0.3) is 5.91 Å². The van der Waals surface area contributed by atoms with Gasteiger partial charge in [0.05, 0.1) is 0 Å². The number of piperidine rings is 2. The second-order valence-electron chi connectivity index (χ2n) is 7.91. The van der Waals surface area contributed by atoms with Crippen LogP contribution in [0.2, 0.25) is 0 Å². The third-order valence-corrected chi connectivity index (χ3v) is 5.82. The molecule has 0 saturated carbocycles. The standard InChI is InChI=1S/C21H25N5O2/c22-18-11-17(5-9-24-18)20(28)25-10-2-6-21(14-25)7-4-19(27)26(15-21)13-16-3-1-8-23-12-16/h1,3,5,8-9,11-12H,2,4,6-7,10,13-15H2,(H2,22,24)/t21-/m0/s1. The molecule has 2 aliphatic rings. The van der Waals surface area contributed by atoms with Gasteiger partial charge in [-0.05, 0) is 43.0 Å². The number of likely N-dealkylation sites (tertiary alicyclic amines) is 2. The summed E-state index contributed by atoms with van der Waals surface area (Å²) >= 11 is 0. The van der Waals surface area contributed by atoms with E-state index in [1.54, 1.807) is 30.7 Å². The first-order chi connectivity index (χ1) is 13.5. The van der Waals surface area contributed by atoms with Gasteiger partial charge in [-0.1, -0.05) is 6.07 Å². The molecule has 1 atom stereocenters. The number of pyridine rings is 2. The van der Waals surface area contributed by atoms with Crippen LogP contribution in [0.3, 0.4) is 0 Å². The Morgan fingerprint density at radius 2 is 2.11 bits per heavy atom. The molecule has 4 rings (SSSR count). The van der Waals surface area contributed by atoms with Crippen molar-refractivity contribution in [2.24, 2.45) is 5.41 Å². The summed E-state index contributed by atoms with van der Waals surface area (Å²) in [5, 5.41) is 0. The Bertz CT molecular complexity index is 872. The molecule has 2 fully saturated rings. The summed E-state index contributed by atoms with van der Waals surface area (Å²) in [5.41, 5.74) is 7.30. The molecule has 0 aliphatic carbocycles. The van der Waals surface area contributed by atoms with Crippen LogP contribution in [0.15, 0.2) is 42.9 Å². The lowest BCUT2D eigenvalue weighted by molar-refractivity contribution is -0.139. The molecule has 2 saturated heterocycles. The molecule has 2 aromatic rings. The third kappa shape index (κ3) is 3.83. The number of aromatic nitrogens is 2. The lowest BCUT2D eigenvalue weighted by Gasteiger charge is -2.48. The van der Waals surface area contributed by atoms with Gasteiger partial charge < -0.3 is 15.5 Å². The summed E-state index contributed by atoms with van der Waals surface area (Å²) in [7, 11) is 0. The Hall–Kier alpha value is -2.96. The van der Waals surface area contributed by atoms with Gasteiger partial charge >= 0.3 is 0 Å². The molecule has 0 unspecified atom stereocenters. The van der Waals surface area contributed by atoms with E-state index >= 15 is 0 Å². The van der Waals surface area contributed by atoms with Gasteiger partial charge in [0, 0.05) is 62.2 Å². The van der Waals surface area contributed by atoms with Crippen molar-refractivity contribution < 1.29 is 9.59 Å². The SMILES string of the molecule is Nc1cc(C(=O)N2CCC[C@]3(CCC(=O)N(Cc4cccnc4)C3)C2)ccn1. The summed E-state index contributed by atoms with van der Waals surface area (Å²) < 4.78 is 0. The van der Waals surface area contributed by atoms with Crippen LogP contribution in [0.25, 0.3) is 0 Å². The quantitative estimate of drug-likeness (QED) is 0.882. The van der Waals surface area contributed by atoms with E-state index in [2.05, 4.69) is 9.97 Å². The zero-order valence-corrected chi connectivity index (χ0v) is 15.9. The molecule has 0 aromatic carbocycles. The predicted molar refractivity (Wildman–Crippen MR) is 105 cm³/mol. The van der Waals surface area contributed by atoms with E-state index in [4.69, 9.17) is 5.73 Å². The first-order valence-electron chi connectivity index (χ1n) is 9.72.